The van der Waals surface area contributed by atoms with E-state index in [9.17, 15) is 0 Å². The number of likely N-dealkylation sites (tertiary alicyclic amines) is 2. The van der Waals surface area contributed by atoms with Crippen LogP contribution in [-0.4, -0.2) is 42.5 Å². The first kappa shape index (κ1) is 14.2. The van der Waals surface area contributed by atoms with Gasteiger partial charge in [-0.15, -0.1) is 11.3 Å². The molecule has 3 heterocycles. The maximum atomic E-state index is 2.75. The van der Waals surface area contributed by atoms with E-state index in [0.29, 0.717) is 5.41 Å². The Hall–Kier alpha value is -0.380. The van der Waals surface area contributed by atoms with Gasteiger partial charge in [-0.3, -0.25) is 4.90 Å². The van der Waals surface area contributed by atoms with E-state index in [-0.39, 0.29) is 0 Å². The highest BCUT2D eigenvalue weighted by atomic mass is 32.1. The third-order valence-corrected chi connectivity index (χ3v) is 6.87. The van der Waals surface area contributed by atoms with Gasteiger partial charge in [0.15, 0.2) is 0 Å². The van der Waals surface area contributed by atoms with Gasteiger partial charge < -0.3 is 4.90 Å². The molecule has 0 amide bonds. The Bertz CT molecular complexity index is 434. The second kappa shape index (κ2) is 6.02. The van der Waals surface area contributed by atoms with E-state index >= 15 is 0 Å². The van der Waals surface area contributed by atoms with E-state index < -0.39 is 0 Å². The Morgan fingerprint density at radius 2 is 1.67 bits per heavy atom. The van der Waals surface area contributed by atoms with Gasteiger partial charge in [-0.25, -0.2) is 0 Å². The predicted molar refractivity (Wildman–Crippen MR) is 89.7 cm³/mol. The molecule has 1 spiro atoms. The fourth-order valence-electron chi connectivity index (χ4n) is 4.18. The van der Waals surface area contributed by atoms with Crippen molar-refractivity contribution in [2.75, 3.05) is 32.7 Å². The predicted octanol–water partition coefficient (Wildman–Crippen LogP) is 3.84. The molecular formula is C18H28N2S. The van der Waals surface area contributed by atoms with Crippen molar-refractivity contribution >= 4 is 11.3 Å². The van der Waals surface area contributed by atoms with Crippen molar-refractivity contribution in [2.24, 2.45) is 11.3 Å². The summed E-state index contributed by atoms with van der Waals surface area (Å²) in [5.74, 6) is 1.06. The fraction of sp³-hybridized carbons (Fsp3) is 0.778. The molecule has 0 unspecified atom stereocenters. The van der Waals surface area contributed by atoms with Crippen molar-refractivity contribution in [3.8, 4) is 0 Å². The zero-order valence-electron chi connectivity index (χ0n) is 13.1. The van der Waals surface area contributed by atoms with Crippen molar-refractivity contribution in [3.63, 3.8) is 0 Å². The lowest BCUT2D eigenvalue weighted by atomic mass is 9.71. The molecule has 4 rings (SSSR count). The lowest BCUT2D eigenvalue weighted by Crippen LogP contribution is -2.46. The topological polar surface area (TPSA) is 6.48 Å². The minimum Gasteiger partial charge on any atom is -0.303 e. The number of piperidine rings is 2. The van der Waals surface area contributed by atoms with Crippen molar-refractivity contribution < 1.29 is 0 Å². The molecule has 0 aromatic carbocycles. The first-order valence-corrected chi connectivity index (χ1v) is 9.66. The Labute approximate surface area is 133 Å². The summed E-state index contributed by atoms with van der Waals surface area (Å²) < 4.78 is 0. The van der Waals surface area contributed by atoms with E-state index in [0.717, 1.165) is 5.92 Å². The molecule has 3 fully saturated rings. The average molecular weight is 305 g/mol. The zero-order valence-corrected chi connectivity index (χ0v) is 13.9. The summed E-state index contributed by atoms with van der Waals surface area (Å²) in [7, 11) is 0. The third kappa shape index (κ3) is 3.52. The molecule has 0 atom stereocenters. The van der Waals surface area contributed by atoms with Crippen LogP contribution in [0.5, 0.6) is 0 Å². The quantitative estimate of drug-likeness (QED) is 0.834. The minimum absolute atomic E-state index is 0.700. The van der Waals surface area contributed by atoms with Gasteiger partial charge in [0, 0.05) is 18.0 Å². The number of thiophene rings is 1. The van der Waals surface area contributed by atoms with Crippen LogP contribution in [0.3, 0.4) is 0 Å². The molecule has 2 saturated heterocycles. The molecule has 2 nitrogen and oxygen atoms in total. The van der Waals surface area contributed by atoms with Gasteiger partial charge in [0.05, 0.1) is 0 Å². The first-order valence-electron chi connectivity index (χ1n) is 8.79. The molecular weight excluding hydrogens is 276 g/mol. The lowest BCUT2D eigenvalue weighted by Gasteiger charge is -2.47. The van der Waals surface area contributed by atoms with Crippen LogP contribution >= 0.6 is 11.3 Å². The van der Waals surface area contributed by atoms with Crippen molar-refractivity contribution in [3.05, 3.63) is 22.4 Å². The second-order valence-electron chi connectivity index (χ2n) is 7.60. The molecule has 116 valence electrons. The summed E-state index contributed by atoms with van der Waals surface area (Å²) in [4.78, 5) is 6.96. The largest absolute Gasteiger partial charge is 0.303 e. The maximum absolute atomic E-state index is 2.75. The van der Waals surface area contributed by atoms with Crippen LogP contribution < -0.4 is 0 Å². The van der Waals surface area contributed by atoms with Gasteiger partial charge in [-0.2, -0.15) is 0 Å². The monoisotopic (exact) mass is 304 g/mol. The van der Waals surface area contributed by atoms with E-state index in [1.165, 1.54) is 82.7 Å². The van der Waals surface area contributed by atoms with Crippen LogP contribution in [0.2, 0.25) is 0 Å². The lowest BCUT2D eigenvalue weighted by molar-refractivity contribution is 0.0314. The normalized spacial score (nSPS) is 27.2. The zero-order chi connectivity index (χ0) is 14.1. The molecule has 3 heteroatoms. The number of rotatable bonds is 4. The third-order valence-electron chi connectivity index (χ3n) is 6.01. The summed E-state index contributed by atoms with van der Waals surface area (Å²) >= 11 is 1.91. The van der Waals surface area contributed by atoms with Gasteiger partial charge in [0.1, 0.15) is 0 Å². The molecule has 0 N–H and O–H groups in total. The summed E-state index contributed by atoms with van der Waals surface area (Å²) in [5, 5.41) is 2.20. The Morgan fingerprint density at radius 3 is 2.24 bits per heavy atom. The molecule has 1 aliphatic carbocycles. The highest BCUT2D eigenvalue weighted by Gasteiger charge is 2.38. The highest BCUT2D eigenvalue weighted by Crippen LogP contribution is 2.42. The van der Waals surface area contributed by atoms with Crippen LogP contribution in [0.25, 0.3) is 0 Å². The van der Waals surface area contributed by atoms with E-state index in [1.807, 2.05) is 11.3 Å². The van der Waals surface area contributed by atoms with E-state index in [2.05, 4.69) is 27.3 Å². The Kier molecular flexibility index (Phi) is 4.08. The summed E-state index contributed by atoms with van der Waals surface area (Å²) in [5.41, 5.74) is 0.700. The molecule has 1 aromatic heterocycles. The van der Waals surface area contributed by atoms with Crippen LogP contribution in [0.15, 0.2) is 17.5 Å². The molecule has 1 aromatic rings. The van der Waals surface area contributed by atoms with E-state index in [4.69, 9.17) is 0 Å². The second-order valence-corrected chi connectivity index (χ2v) is 8.63. The maximum Gasteiger partial charge on any atom is 0.0327 e. The smallest absolute Gasteiger partial charge is 0.0327 e. The molecule has 3 aliphatic rings. The van der Waals surface area contributed by atoms with Crippen molar-refractivity contribution in [1.29, 1.82) is 0 Å². The average Bonchev–Trinajstić information content (AvgIpc) is 3.18. The van der Waals surface area contributed by atoms with Gasteiger partial charge in [-0.1, -0.05) is 6.07 Å². The van der Waals surface area contributed by atoms with Gasteiger partial charge in [0.2, 0.25) is 0 Å². The Balaban J connectivity index is 1.25. The fourth-order valence-corrected chi connectivity index (χ4v) is 4.93. The number of nitrogens with zero attached hydrogens (tertiary/aromatic N) is 2. The highest BCUT2D eigenvalue weighted by molar-refractivity contribution is 7.09. The van der Waals surface area contributed by atoms with Crippen LogP contribution in [0.4, 0.5) is 0 Å². The van der Waals surface area contributed by atoms with Gasteiger partial charge in [-0.05, 0) is 87.5 Å². The van der Waals surface area contributed by atoms with Gasteiger partial charge >= 0.3 is 0 Å². The molecule has 21 heavy (non-hydrogen) atoms. The number of hydrogen-bond donors (Lipinski definition) is 0. The van der Waals surface area contributed by atoms with Crippen LogP contribution in [-0.2, 0) is 6.54 Å². The van der Waals surface area contributed by atoms with Crippen molar-refractivity contribution in [1.82, 2.24) is 9.80 Å². The molecule has 0 radical (unpaired) electrons. The van der Waals surface area contributed by atoms with Crippen LogP contribution in [0.1, 0.15) is 43.4 Å². The first-order chi connectivity index (χ1) is 10.3. The minimum atomic E-state index is 0.700. The SMILES string of the molecule is c1csc(CN2CCC3(CC2)CCN(CC2CC2)CC3)c1. The summed E-state index contributed by atoms with van der Waals surface area (Å²) in [6.07, 6.45) is 8.81. The van der Waals surface area contributed by atoms with Gasteiger partial charge in [0.25, 0.3) is 0 Å². The summed E-state index contributed by atoms with van der Waals surface area (Å²) in [6.45, 7) is 7.98. The molecule has 0 bridgehead atoms. The standard InChI is InChI=1S/C18H28N2S/c1-2-17(21-13-1)15-20-11-7-18(8-12-20)5-9-19(10-6-18)14-16-3-4-16/h1-2,13,16H,3-12,14-15H2. The molecule has 1 saturated carbocycles. The van der Waals surface area contributed by atoms with Crippen LogP contribution in [0, 0.1) is 11.3 Å². The number of hydrogen-bond acceptors (Lipinski definition) is 3. The summed E-state index contributed by atoms with van der Waals surface area (Å²) in [6, 6.07) is 4.46. The molecule has 2 aliphatic heterocycles. The van der Waals surface area contributed by atoms with E-state index in [1.54, 1.807) is 0 Å². The Morgan fingerprint density at radius 1 is 1.00 bits per heavy atom. The van der Waals surface area contributed by atoms with Crippen molar-refractivity contribution in [2.45, 2.75) is 45.1 Å².